The molecule has 0 saturated heterocycles. The van der Waals surface area contributed by atoms with E-state index in [0.29, 0.717) is 16.2 Å². The first-order valence-electron chi connectivity index (χ1n) is 5.82. The highest BCUT2D eigenvalue weighted by Crippen LogP contribution is 2.32. The van der Waals surface area contributed by atoms with Crippen LogP contribution in [-0.4, -0.2) is 24.0 Å². The molecule has 0 fully saturated rings. The Bertz CT molecular complexity index is 727. The Kier molecular flexibility index (Phi) is 4.01. The van der Waals surface area contributed by atoms with Gasteiger partial charge in [0.2, 0.25) is 0 Å². The molecule has 5 nitrogen and oxygen atoms in total. The van der Waals surface area contributed by atoms with E-state index in [2.05, 4.69) is 0 Å². The van der Waals surface area contributed by atoms with Crippen LogP contribution in [-0.2, 0) is 4.79 Å². The molecule has 0 spiro atoms. The first-order valence-corrected chi connectivity index (χ1v) is 6.63. The second-order valence-electron chi connectivity index (χ2n) is 4.13. The molecule has 1 heterocycles. The number of ketones is 1. The Morgan fingerprint density at radius 3 is 2.70 bits per heavy atom. The quantitative estimate of drug-likeness (QED) is 0.855. The predicted octanol–water partition coefficient (Wildman–Crippen LogP) is 2.83. The number of nitriles is 1. The number of methoxy groups -OCH3 is 1. The van der Waals surface area contributed by atoms with Gasteiger partial charge in [-0.25, -0.2) is 0 Å². The smallest absolute Gasteiger partial charge is 0.303 e. The number of ether oxygens (including phenoxy) is 1. The van der Waals surface area contributed by atoms with E-state index in [1.54, 1.807) is 18.2 Å². The Hall–Kier alpha value is -2.39. The normalized spacial score (nSPS) is 10.2. The van der Waals surface area contributed by atoms with Gasteiger partial charge >= 0.3 is 5.97 Å². The molecule has 1 N–H and O–H groups in total. The number of carboxylic acid groups (broad SMARTS) is 1. The number of carboxylic acids is 1. The Balaban J connectivity index is 2.36. The molecule has 6 heteroatoms. The minimum atomic E-state index is -0.993. The molecule has 0 saturated carbocycles. The fourth-order valence-corrected chi connectivity index (χ4v) is 2.85. The summed E-state index contributed by atoms with van der Waals surface area (Å²) in [7, 11) is 1.48. The summed E-state index contributed by atoms with van der Waals surface area (Å²) >= 11 is 1.27. The maximum atomic E-state index is 11.9. The van der Waals surface area contributed by atoms with E-state index in [-0.39, 0.29) is 18.6 Å². The van der Waals surface area contributed by atoms with E-state index in [1.165, 1.54) is 18.4 Å². The highest BCUT2D eigenvalue weighted by Gasteiger charge is 2.14. The van der Waals surface area contributed by atoms with Crippen molar-refractivity contribution >= 4 is 33.2 Å². The van der Waals surface area contributed by atoms with Crippen molar-refractivity contribution in [2.75, 3.05) is 7.11 Å². The van der Waals surface area contributed by atoms with E-state index in [1.807, 2.05) is 6.07 Å². The zero-order chi connectivity index (χ0) is 14.7. The molecule has 0 atom stereocenters. The average Bonchev–Trinajstić information content (AvgIpc) is 2.85. The van der Waals surface area contributed by atoms with Crippen LogP contribution >= 0.6 is 11.3 Å². The van der Waals surface area contributed by atoms with E-state index >= 15 is 0 Å². The number of thiophene rings is 1. The summed E-state index contributed by atoms with van der Waals surface area (Å²) < 4.78 is 5.95. The molecular formula is C14H11NO4S. The summed E-state index contributed by atoms with van der Waals surface area (Å²) in [4.78, 5) is 22.8. The van der Waals surface area contributed by atoms with Gasteiger partial charge in [0, 0.05) is 11.1 Å². The molecule has 2 rings (SSSR count). The average molecular weight is 289 g/mol. The van der Waals surface area contributed by atoms with Crippen molar-refractivity contribution in [1.29, 1.82) is 5.26 Å². The molecule has 0 unspecified atom stereocenters. The molecule has 102 valence electrons. The number of aliphatic carboxylic acids is 1. The molecule has 1 aromatic carbocycles. The zero-order valence-electron chi connectivity index (χ0n) is 10.7. The SMILES string of the molecule is COc1cc2sc(C(=O)CCC(=O)O)cc2cc1C#N. The van der Waals surface area contributed by atoms with Crippen LogP contribution in [0.15, 0.2) is 18.2 Å². The van der Waals surface area contributed by atoms with Gasteiger partial charge in [-0.1, -0.05) is 0 Å². The fraction of sp³-hybridized carbons (Fsp3) is 0.214. The van der Waals surface area contributed by atoms with Gasteiger partial charge in [-0.15, -0.1) is 11.3 Å². The monoisotopic (exact) mass is 289 g/mol. The van der Waals surface area contributed by atoms with Crippen molar-refractivity contribution in [3.05, 3.63) is 28.6 Å². The first kappa shape index (κ1) is 14.0. The number of benzene rings is 1. The van der Waals surface area contributed by atoms with Gasteiger partial charge in [-0.05, 0) is 23.6 Å². The van der Waals surface area contributed by atoms with Crippen molar-refractivity contribution in [3.8, 4) is 11.8 Å². The van der Waals surface area contributed by atoms with Crippen LogP contribution in [0.1, 0.15) is 28.1 Å². The largest absolute Gasteiger partial charge is 0.495 e. The van der Waals surface area contributed by atoms with Gasteiger partial charge < -0.3 is 9.84 Å². The summed E-state index contributed by atoms with van der Waals surface area (Å²) in [6, 6.07) is 7.10. The van der Waals surface area contributed by atoms with Gasteiger partial charge in [-0.3, -0.25) is 9.59 Å². The zero-order valence-corrected chi connectivity index (χ0v) is 11.5. The van der Waals surface area contributed by atoms with Crippen LogP contribution in [0.4, 0.5) is 0 Å². The summed E-state index contributed by atoms with van der Waals surface area (Å²) in [5.74, 6) is -0.731. The van der Waals surface area contributed by atoms with Crippen LogP contribution in [0, 0.1) is 11.3 Å². The lowest BCUT2D eigenvalue weighted by atomic mass is 10.1. The highest BCUT2D eigenvalue weighted by molar-refractivity contribution is 7.20. The molecule has 0 radical (unpaired) electrons. The number of rotatable bonds is 5. The van der Waals surface area contributed by atoms with Crippen molar-refractivity contribution < 1.29 is 19.4 Å². The summed E-state index contributed by atoms with van der Waals surface area (Å²) in [5.41, 5.74) is 0.405. The van der Waals surface area contributed by atoms with E-state index < -0.39 is 5.97 Å². The van der Waals surface area contributed by atoms with E-state index in [0.717, 1.165) is 10.1 Å². The lowest BCUT2D eigenvalue weighted by Crippen LogP contribution is -2.01. The molecule has 20 heavy (non-hydrogen) atoms. The van der Waals surface area contributed by atoms with Crippen LogP contribution in [0.3, 0.4) is 0 Å². The Labute approximate surface area is 119 Å². The molecule has 0 aliphatic rings. The van der Waals surface area contributed by atoms with Gasteiger partial charge in [0.15, 0.2) is 5.78 Å². The minimum absolute atomic E-state index is 0.0234. The number of Topliss-reactive ketones (excluding diaryl/α,β-unsaturated/α-hetero) is 1. The number of carbonyl (C=O) groups is 2. The fourth-order valence-electron chi connectivity index (χ4n) is 1.81. The maximum Gasteiger partial charge on any atom is 0.303 e. The van der Waals surface area contributed by atoms with Crippen molar-refractivity contribution in [3.63, 3.8) is 0 Å². The number of carbonyl (C=O) groups excluding carboxylic acids is 1. The van der Waals surface area contributed by atoms with Crippen LogP contribution in [0.2, 0.25) is 0 Å². The number of fused-ring (bicyclic) bond motifs is 1. The van der Waals surface area contributed by atoms with Crippen molar-refractivity contribution in [2.24, 2.45) is 0 Å². The molecule has 0 aliphatic heterocycles. The first-order chi connectivity index (χ1) is 9.55. The van der Waals surface area contributed by atoms with Crippen molar-refractivity contribution in [1.82, 2.24) is 0 Å². The van der Waals surface area contributed by atoms with Crippen LogP contribution in [0.25, 0.3) is 10.1 Å². The molecule has 1 aromatic heterocycles. The van der Waals surface area contributed by atoms with Crippen LogP contribution in [0.5, 0.6) is 5.75 Å². The minimum Gasteiger partial charge on any atom is -0.495 e. The predicted molar refractivity (Wildman–Crippen MR) is 74.3 cm³/mol. The second kappa shape index (κ2) is 5.72. The third kappa shape index (κ3) is 2.78. The number of nitrogens with zero attached hydrogens (tertiary/aromatic N) is 1. The van der Waals surface area contributed by atoms with Crippen LogP contribution < -0.4 is 4.74 Å². The molecule has 0 bridgehead atoms. The van der Waals surface area contributed by atoms with Crippen molar-refractivity contribution in [2.45, 2.75) is 12.8 Å². The summed E-state index contributed by atoms with van der Waals surface area (Å²) in [6.07, 6.45) is -0.204. The summed E-state index contributed by atoms with van der Waals surface area (Å²) in [6.45, 7) is 0. The molecule has 2 aromatic rings. The van der Waals surface area contributed by atoms with E-state index in [9.17, 15) is 9.59 Å². The third-order valence-electron chi connectivity index (χ3n) is 2.80. The van der Waals surface area contributed by atoms with Gasteiger partial charge in [0.1, 0.15) is 11.8 Å². The molecule has 0 aliphatic carbocycles. The maximum absolute atomic E-state index is 11.9. The lowest BCUT2D eigenvalue weighted by Gasteiger charge is -2.01. The number of hydrogen-bond acceptors (Lipinski definition) is 5. The number of hydrogen-bond donors (Lipinski definition) is 1. The van der Waals surface area contributed by atoms with Gasteiger partial charge in [0.05, 0.1) is 24.0 Å². The highest BCUT2D eigenvalue weighted by atomic mass is 32.1. The topological polar surface area (TPSA) is 87.4 Å². The van der Waals surface area contributed by atoms with Gasteiger partial charge in [0.25, 0.3) is 0 Å². The lowest BCUT2D eigenvalue weighted by molar-refractivity contribution is -0.136. The Morgan fingerprint density at radius 1 is 1.35 bits per heavy atom. The Morgan fingerprint density at radius 2 is 2.10 bits per heavy atom. The summed E-state index contributed by atoms with van der Waals surface area (Å²) in [5, 5.41) is 18.4. The second-order valence-corrected chi connectivity index (χ2v) is 5.21. The third-order valence-corrected chi connectivity index (χ3v) is 3.94. The molecule has 0 amide bonds. The molecular weight excluding hydrogens is 278 g/mol. The standard InChI is InChI=1S/C14H11NO4S/c1-19-11-6-12-8(4-9(11)7-15)5-13(20-12)10(16)2-3-14(17)18/h4-6H,2-3H2,1H3,(H,17,18). The van der Waals surface area contributed by atoms with E-state index in [4.69, 9.17) is 15.1 Å². The van der Waals surface area contributed by atoms with Gasteiger partial charge in [-0.2, -0.15) is 5.26 Å².